The molecule has 1 aliphatic rings. The fraction of sp³-hybridized carbons (Fsp3) is 0.364. The van der Waals surface area contributed by atoms with Crippen LogP contribution in [-0.4, -0.2) is 56.1 Å². The smallest absolute Gasteiger partial charge is 0.319 e. The second-order valence-electron chi connectivity index (χ2n) is 7.16. The fourth-order valence-corrected chi connectivity index (χ4v) is 3.41. The summed E-state index contributed by atoms with van der Waals surface area (Å²) in [7, 11) is 0. The third-order valence-electron chi connectivity index (χ3n) is 5.02. The Morgan fingerprint density at radius 2 is 1.72 bits per heavy atom. The lowest BCUT2D eigenvalue weighted by Crippen LogP contribution is -2.46. The zero-order chi connectivity index (χ0) is 20.6. The van der Waals surface area contributed by atoms with Crippen molar-refractivity contribution >= 4 is 29.0 Å². The molecule has 1 saturated heterocycles. The number of rotatable bonds is 6. The molecule has 1 fully saturated rings. The molecule has 7 nitrogen and oxygen atoms in total. The maximum atomic E-state index is 12.4. The van der Waals surface area contributed by atoms with Crippen molar-refractivity contribution in [1.29, 1.82) is 0 Å². The van der Waals surface area contributed by atoms with Crippen molar-refractivity contribution in [3.8, 4) is 0 Å². The van der Waals surface area contributed by atoms with Gasteiger partial charge in [-0.1, -0.05) is 31.2 Å². The van der Waals surface area contributed by atoms with Crippen molar-refractivity contribution in [2.45, 2.75) is 13.8 Å². The molecule has 0 radical (unpaired) electrons. The quantitative estimate of drug-likeness (QED) is 0.703. The number of carbonyl (C=O) groups excluding carboxylic acids is 2. The second kappa shape index (κ2) is 9.93. The second-order valence-corrected chi connectivity index (χ2v) is 7.16. The molecule has 154 valence electrons. The predicted octanol–water partition coefficient (Wildman–Crippen LogP) is 2.90. The molecule has 29 heavy (non-hydrogen) atoms. The van der Waals surface area contributed by atoms with Gasteiger partial charge in [-0.3, -0.25) is 4.79 Å². The first-order valence-corrected chi connectivity index (χ1v) is 10.0. The first kappa shape index (κ1) is 20.7. The number of anilines is 3. The van der Waals surface area contributed by atoms with E-state index in [9.17, 15) is 9.59 Å². The molecule has 3 N–H and O–H groups in total. The number of carbonyl (C=O) groups is 2. The van der Waals surface area contributed by atoms with Crippen LogP contribution in [0, 0.1) is 6.92 Å². The Hall–Kier alpha value is -3.06. The van der Waals surface area contributed by atoms with Gasteiger partial charge in [0.2, 0.25) is 5.91 Å². The van der Waals surface area contributed by atoms with Gasteiger partial charge in [0.25, 0.3) is 0 Å². The third-order valence-corrected chi connectivity index (χ3v) is 5.02. The average Bonchev–Trinajstić information content (AvgIpc) is 2.73. The van der Waals surface area contributed by atoms with Gasteiger partial charge < -0.3 is 25.8 Å². The molecule has 0 aromatic heterocycles. The van der Waals surface area contributed by atoms with Gasteiger partial charge in [0.1, 0.15) is 0 Å². The van der Waals surface area contributed by atoms with E-state index in [2.05, 4.69) is 32.7 Å². The van der Waals surface area contributed by atoms with E-state index in [1.165, 1.54) is 0 Å². The molecule has 0 atom stereocenters. The highest BCUT2D eigenvalue weighted by molar-refractivity contribution is 5.98. The topological polar surface area (TPSA) is 76.7 Å². The minimum Gasteiger partial charge on any atom is -0.367 e. The Bertz CT molecular complexity index is 847. The van der Waals surface area contributed by atoms with Gasteiger partial charge in [-0.05, 0) is 43.3 Å². The van der Waals surface area contributed by atoms with Gasteiger partial charge in [0.05, 0.1) is 17.9 Å². The number of benzene rings is 2. The normalized spacial score (nSPS) is 14.3. The Labute approximate surface area is 172 Å². The van der Waals surface area contributed by atoms with Gasteiger partial charge in [-0.2, -0.15) is 0 Å². The molecule has 0 bridgehead atoms. The number of likely N-dealkylation sites (N-methyl/N-ethyl adjacent to an activating group) is 1. The Morgan fingerprint density at radius 3 is 2.45 bits per heavy atom. The number of urea groups is 1. The summed E-state index contributed by atoms with van der Waals surface area (Å²) < 4.78 is 0. The lowest BCUT2D eigenvalue weighted by Gasteiger charge is -2.36. The molecule has 3 amide bonds. The molecule has 0 unspecified atom stereocenters. The van der Waals surface area contributed by atoms with E-state index < -0.39 is 6.03 Å². The Morgan fingerprint density at radius 1 is 0.966 bits per heavy atom. The maximum absolute atomic E-state index is 12.4. The first-order valence-electron chi connectivity index (χ1n) is 10.0. The molecule has 0 saturated carbocycles. The summed E-state index contributed by atoms with van der Waals surface area (Å²) in [5.74, 6) is -0.260. The minimum atomic E-state index is -0.408. The standard InChI is InChI=1S/C22H29N5O2/c1-3-26-11-13-27(14-12-26)20-10-5-4-9-19(20)25-21(28)16-23-22(29)24-18-8-6-7-17(2)15-18/h4-10,15H,3,11-14,16H2,1-2H3,(H,25,28)(H2,23,24,29). The molecule has 0 aliphatic carbocycles. The zero-order valence-corrected chi connectivity index (χ0v) is 17.1. The number of piperazine rings is 1. The monoisotopic (exact) mass is 395 g/mol. The fourth-order valence-electron chi connectivity index (χ4n) is 3.41. The number of para-hydroxylation sites is 2. The van der Waals surface area contributed by atoms with Crippen LogP contribution in [0.25, 0.3) is 0 Å². The van der Waals surface area contributed by atoms with Gasteiger partial charge >= 0.3 is 6.03 Å². The number of nitrogens with zero attached hydrogens (tertiary/aromatic N) is 2. The van der Waals surface area contributed by atoms with Crippen LogP contribution in [0.2, 0.25) is 0 Å². The summed E-state index contributed by atoms with van der Waals surface area (Å²) >= 11 is 0. The third kappa shape index (κ3) is 5.96. The molecule has 2 aromatic rings. The summed E-state index contributed by atoms with van der Waals surface area (Å²) in [6, 6.07) is 14.9. The number of aryl methyl sites for hydroxylation is 1. The van der Waals surface area contributed by atoms with E-state index in [1.807, 2.05) is 49.4 Å². The molecule has 2 aromatic carbocycles. The van der Waals surface area contributed by atoms with Crippen molar-refractivity contribution in [3.05, 3.63) is 54.1 Å². The van der Waals surface area contributed by atoms with Crippen LogP contribution in [0.5, 0.6) is 0 Å². The van der Waals surface area contributed by atoms with Crippen molar-refractivity contribution < 1.29 is 9.59 Å². The highest BCUT2D eigenvalue weighted by Gasteiger charge is 2.18. The summed E-state index contributed by atoms with van der Waals surface area (Å²) in [5.41, 5.74) is 3.53. The van der Waals surface area contributed by atoms with E-state index in [4.69, 9.17) is 0 Å². The molecule has 7 heteroatoms. The van der Waals surface area contributed by atoms with Crippen LogP contribution in [0.15, 0.2) is 48.5 Å². The molecular formula is C22H29N5O2. The van der Waals surface area contributed by atoms with E-state index in [0.29, 0.717) is 5.69 Å². The van der Waals surface area contributed by atoms with Crippen LogP contribution >= 0.6 is 0 Å². The maximum Gasteiger partial charge on any atom is 0.319 e. The number of nitrogens with one attached hydrogen (secondary N) is 3. The van der Waals surface area contributed by atoms with Crippen molar-refractivity contribution in [2.75, 3.05) is 54.8 Å². The Balaban J connectivity index is 1.52. The zero-order valence-electron chi connectivity index (χ0n) is 17.1. The van der Waals surface area contributed by atoms with Gasteiger partial charge in [-0.25, -0.2) is 4.79 Å². The van der Waals surface area contributed by atoms with E-state index in [-0.39, 0.29) is 12.5 Å². The number of amides is 3. The predicted molar refractivity (Wildman–Crippen MR) is 118 cm³/mol. The largest absolute Gasteiger partial charge is 0.367 e. The van der Waals surface area contributed by atoms with E-state index in [0.717, 1.165) is 49.7 Å². The summed E-state index contributed by atoms with van der Waals surface area (Å²) in [6.07, 6.45) is 0. The van der Waals surface area contributed by atoms with Gasteiger partial charge in [0.15, 0.2) is 0 Å². The van der Waals surface area contributed by atoms with Gasteiger partial charge in [0, 0.05) is 31.9 Å². The summed E-state index contributed by atoms with van der Waals surface area (Å²) in [5, 5.41) is 8.26. The van der Waals surface area contributed by atoms with Crippen molar-refractivity contribution in [2.24, 2.45) is 0 Å². The SMILES string of the molecule is CCN1CCN(c2ccccc2NC(=O)CNC(=O)Nc2cccc(C)c2)CC1. The molecule has 1 aliphatic heterocycles. The van der Waals surface area contributed by atoms with Crippen LogP contribution in [0.4, 0.5) is 21.9 Å². The first-order chi connectivity index (χ1) is 14.0. The lowest BCUT2D eigenvalue weighted by atomic mass is 10.2. The molecule has 0 spiro atoms. The highest BCUT2D eigenvalue weighted by Crippen LogP contribution is 2.26. The lowest BCUT2D eigenvalue weighted by molar-refractivity contribution is -0.115. The number of hydrogen-bond donors (Lipinski definition) is 3. The van der Waals surface area contributed by atoms with Crippen LogP contribution in [0.1, 0.15) is 12.5 Å². The van der Waals surface area contributed by atoms with Crippen LogP contribution < -0.4 is 20.9 Å². The number of hydrogen-bond acceptors (Lipinski definition) is 4. The van der Waals surface area contributed by atoms with E-state index in [1.54, 1.807) is 6.07 Å². The van der Waals surface area contributed by atoms with Crippen LogP contribution in [-0.2, 0) is 4.79 Å². The highest BCUT2D eigenvalue weighted by atomic mass is 16.2. The van der Waals surface area contributed by atoms with Crippen molar-refractivity contribution in [1.82, 2.24) is 10.2 Å². The molecular weight excluding hydrogens is 366 g/mol. The van der Waals surface area contributed by atoms with E-state index >= 15 is 0 Å². The molecule has 1 heterocycles. The van der Waals surface area contributed by atoms with Crippen LogP contribution in [0.3, 0.4) is 0 Å². The Kier molecular flexibility index (Phi) is 7.08. The molecule has 3 rings (SSSR count). The average molecular weight is 396 g/mol. The summed E-state index contributed by atoms with van der Waals surface area (Å²) in [6.45, 7) is 8.97. The van der Waals surface area contributed by atoms with Crippen molar-refractivity contribution in [3.63, 3.8) is 0 Å². The van der Waals surface area contributed by atoms with Gasteiger partial charge in [-0.15, -0.1) is 0 Å². The summed E-state index contributed by atoms with van der Waals surface area (Å²) in [4.78, 5) is 29.1. The minimum absolute atomic E-state index is 0.102.